The fourth-order valence-electron chi connectivity index (χ4n) is 0.755. The summed E-state index contributed by atoms with van der Waals surface area (Å²) in [5, 5.41) is 0. The van der Waals surface area contributed by atoms with E-state index in [2.05, 4.69) is 95.6 Å². The molecule has 0 heterocycles. The van der Waals surface area contributed by atoms with Gasteiger partial charge in [-0.15, -0.1) is 0 Å². The second-order valence-electron chi connectivity index (χ2n) is 2.24. The summed E-state index contributed by atoms with van der Waals surface area (Å²) in [6, 6.07) is 0. The van der Waals surface area contributed by atoms with Crippen molar-refractivity contribution in [2.24, 2.45) is 0 Å². The molecule has 0 fully saturated rings. The van der Waals surface area contributed by atoms with Crippen LogP contribution in [0.25, 0.3) is 0 Å². The van der Waals surface area contributed by atoms with Gasteiger partial charge in [0.2, 0.25) is 0 Å². The highest BCUT2D eigenvalue weighted by atomic mass is 79.9. The van der Waals surface area contributed by atoms with Crippen LogP contribution < -0.4 is 4.74 Å². The lowest BCUT2D eigenvalue weighted by atomic mass is 10.3. The molecule has 1 rings (SSSR count). The van der Waals surface area contributed by atoms with Crippen LogP contribution >= 0.6 is 95.6 Å². The maximum atomic E-state index is 10.8. The van der Waals surface area contributed by atoms with Gasteiger partial charge in [0.15, 0.2) is 5.75 Å². The van der Waals surface area contributed by atoms with Gasteiger partial charge in [0.1, 0.15) is 0 Å². The predicted molar refractivity (Wildman–Crippen MR) is 79.9 cm³/mol. The SMILES string of the molecule is O=C(Br)Oc1c(Br)c(Br)c(Br)c(Br)c1Br. The van der Waals surface area contributed by atoms with Gasteiger partial charge in [-0.2, -0.15) is 0 Å². The van der Waals surface area contributed by atoms with Crippen LogP contribution in [0.3, 0.4) is 0 Å². The van der Waals surface area contributed by atoms with Crippen LogP contribution in [0, 0.1) is 0 Å². The molecule has 0 aliphatic carbocycles. The Morgan fingerprint density at radius 1 is 0.800 bits per heavy atom. The second kappa shape index (κ2) is 5.95. The first-order valence-corrected chi connectivity index (χ1v) is 8.00. The lowest BCUT2D eigenvalue weighted by Crippen LogP contribution is -1.98. The first-order valence-electron chi connectivity index (χ1n) is 3.25. The van der Waals surface area contributed by atoms with Gasteiger partial charge < -0.3 is 4.74 Å². The number of hydrogen-bond acceptors (Lipinski definition) is 2. The van der Waals surface area contributed by atoms with Crippen molar-refractivity contribution in [2.45, 2.75) is 0 Å². The van der Waals surface area contributed by atoms with Gasteiger partial charge in [-0.05, 0) is 79.6 Å². The average molecular weight is 595 g/mol. The Kier molecular flexibility index (Phi) is 5.80. The lowest BCUT2D eigenvalue weighted by Gasteiger charge is -2.11. The normalized spacial score (nSPS) is 10.3. The van der Waals surface area contributed by atoms with Gasteiger partial charge in [0.25, 0.3) is 0 Å². The highest BCUT2D eigenvalue weighted by Gasteiger charge is 2.20. The molecule has 0 spiro atoms. The Morgan fingerprint density at radius 2 is 1.13 bits per heavy atom. The fourth-order valence-corrected chi connectivity index (χ4v) is 4.09. The van der Waals surface area contributed by atoms with Crippen LogP contribution in [0.15, 0.2) is 22.4 Å². The molecule has 0 N–H and O–H groups in total. The smallest absolute Gasteiger partial charge is 0.380 e. The highest BCUT2D eigenvalue weighted by Crippen LogP contribution is 2.48. The summed E-state index contributed by atoms with van der Waals surface area (Å²) in [5.41, 5.74) is 0. The Hall–Kier alpha value is 1.57. The molecular formula is C7Br6O2. The van der Waals surface area contributed by atoms with Gasteiger partial charge in [-0.1, -0.05) is 0 Å². The van der Waals surface area contributed by atoms with Gasteiger partial charge in [0.05, 0.1) is 17.9 Å². The van der Waals surface area contributed by atoms with Crippen LogP contribution in [0.5, 0.6) is 5.75 Å². The Bertz CT molecular complexity index is 401. The molecule has 8 heteroatoms. The first kappa shape index (κ1) is 14.6. The van der Waals surface area contributed by atoms with E-state index in [4.69, 9.17) is 4.74 Å². The number of halogens is 6. The van der Waals surface area contributed by atoms with E-state index >= 15 is 0 Å². The van der Waals surface area contributed by atoms with Crippen molar-refractivity contribution < 1.29 is 9.53 Å². The molecule has 1 aromatic rings. The van der Waals surface area contributed by atoms with E-state index in [1.807, 2.05) is 0 Å². The van der Waals surface area contributed by atoms with Crippen molar-refractivity contribution in [3.8, 4) is 5.75 Å². The van der Waals surface area contributed by atoms with Gasteiger partial charge in [0, 0.05) is 20.4 Å². The summed E-state index contributed by atoms with van der Waals surface area (Å²) in [6.07, 6.45) is 0. The number of carbonyl (C=O) groups is 1. The van der Waals surface area contributed by atoms with Crippen molar-refractivity contribution >= 4 is 100 Å². The quantitative estimate of drug-likeness (QED) is 0.214. The molecule has 0 aliphatic heterocycles. The van der Waals surface area contributed by atoms with E-state index in [9.17, 15) is 4.79 Å². The zero-order chi connectivity index (χ0) is 11.7. The molecule has 0 saturated carbocycles. The van der Waals surface area contributed by atoms with E-state index in [0.717, 1.165) is 13.4 Å². The molecule has 0 amide bonds. The van der Waals surface area contributed by atoms with Crippen LogP contribution in [0.4, 0.5) is 4.79 Å². The third-order valence-corrected chi connectivity index (χ3v) is 7.53. The number of hydrogen-bond donors (Lipinski definition) is 0. The first-order chi connectivity index (χ1) is 6.86. The summed E-state index contributed by atoms with van der Waals surface area (Å²) in [7, 11) is 0. The summed E-state index contributed by atoms with van der Waals surface area (Å²) < 4.78 is 8.59. The molecule has 15 heavy (non-hydrogen) atoms. The Morgan fingerprint density at radius 3 is 1.47 bits per heavy atom. The van der Waals surface area contributed by atoms with Crippen molar-refractivity contribution in [3.05, 3.63) is 22.4 Å². The third-order valence-electron chi connectivity index (χ3n) is 1.35. The molecule has 0 aliphatic rings. The standard InChI is InChI=1S/C7Br6O2/c8-1-2(9)4(11)6(15-7(13)14)5(12)3(1)10. The van der Waals surface area contributed by atoms with Crippen LogP contribution in [0.1, 0.15) is 0 Å². The summed E-state index contributed by atoms with van der Waals surface area (Å²) in [4.78, 5) is 10.3. The summed E-state index contributed by atoms with van der Waals surface area (Å²) in [6.45, 7) is 0. The average Bonchev–Trinajstić information content (AvgIpc) is 2.18. The zero-order valence-corrected chi connectivity index (χ0v) is 16.1. The molecule has 0 aromatic heterocycles. The molecule has 0 radical (unpaired) electrons. The molecule has 0 unspecified atom stereocenters. The second-order valence-corrected chi connectivity index (χ2v) is 6.85. The molecule has 1 aromatic carbocycles. The Labute approximate surface area is 136 Å². The van der Waals surface area contributed by atoms with Crippen molar-refractivity contribution in [2.75, 3.05) is 0 Å². The lowest BCUT2D eigenvalue weighted by molar-refractivity contribution is 0.228. The van der Waals surface area contributed by atoms with Crippen LogP contribution in [-0.4, -0.2) is 4.88 Å². The fraction of sp³-hybridized carbons (Fsp3) is 0. The molecule has 82 valence electrons. The zero-order valence-electron chi connectivity index (χ0n) is 6.58. The monoisotopic (exact) mass is 589 g/mol. The number of benzene rings is 1. The van der Waals surface area contributed by atoms with Crippen LogP contribution in [0.2, 0.25) is 0 Å². The number of carbonyl (C=O) groups excluding carboxylic acids is 1. The van der Waals surface area contributed by atoms with E-state index in [-0.39, 0.29) is 0 Å². The van der Waals surface area contributed by atoms with Gasteiger partial charge >= 0.3 is 4.88 Å². The minimum Gasteiger partial charge on any atom is -0.416 e. The summed E-state index contributed by atoms with van der Waals surface area (Å²) in [5.74, 6) is 0.388. The van der Waals surface area contributed by atoms with Crippen LogP contribution in [-0.2, 0) is 0 Å². The molecule has 0 atom stereocenters. The van der Waals surface area contributed by atoms with E-state index in [1.165, 1.54) is 0 Å². The molecule has 2 nitrogen and oxygen atoms in total. The van der Waals surface area contributed by atoms with Gasteiger partial charge in [-0.3, -0.25) is 0 Å². The molecule has 0 saturated heterocycles. The topological polar surface area (TPSA) is 26.3 Å². The number of rotatable bonds is 1. The minimum absolute atomic E-state index is 0.388. The van der Waals surface area contributed by atoms with Crippen molar-refractivity contribution in [1.82, 2.24) is 0 Å². The van der Waals surface area contributed by atoms with Crippen molar-refractivity contribution in [3.63, 3.8) is 0 Å². The minimum atomic E-state index is -0.565. The predicted octanol–water partition coefficient (Wildman–Crippen LogP) is 6.39. The van der Waals surface area contributed by atoms with E-state index in [1.54, 1.807) is 0 Å². The van der Waals surface area contributed by atoms with Gasteiger partial charge in [-0.25, -0.2) is 4.79 Å². The largest absolute Gasteiger partial charge is 0.416 e. The molecule has 0 bridgehead atoms. The highest BCUT2D eigenvalue weighted by molar-refractivity contribution is 9.18. The maximum Gasteiger partial charge on any atom is 0.380 e. The van der Waals surface area contributed by atoms with E-state index in [0.29, 0.717) is 14.7 Å². The third kappa shape index (κ3) is 3.28. The summed E-state index contributed by atoms with van der Waals surface area (Å²) >= 11 is 19.4. The Balaban J connectivity index is 3.45. The van der Waals surface area contributed by atoms with E-state index < -0.39 is 4.88 Å². The maximum absolute atomic E-state index is 10.8. The van der Waals surface area contributed by atoms with Crippen molar-refractivity contribution in [1.29, 1.82) is 0 Å². The molecular weight excluding hydrogens is 595 g/mol. The number of ether oxygens (including phenoxy) is 1.